The highest BCUT2D eigenvalue weighted by atomic mass is 35.5. The highest BCUT2D eigenvalue weighted by molar-refractivity contribution is 6.33. The topological polar surface area (TPSA) is 94.1 Å². The first kappa shape index (κ1) is 12.4. The van der Waals surface area contributed by atoms with Crippen LogP contribution in [0.15, 0.2) is 24.4 Å². The van der Waals surface area contributed by atoms with Gasteiger partial charge >= 0.3 is 0 Å². The van der Waals surface area contributed by atoms with Gasteiger partial charge in [0.05, 0.1) is 9.95 Å². The van der Waals surface area contributed by atoms with Crippen molar-refractivity contribution in [2.75, 3.05) is 18.4 Å². The van der Waals surface area contributed by atoms with Gasteiger partial charge in [-0.1, -0.05) is 23.8 Å². The monoisotopic (exact) mass is 242 g/mol. The summed E-state index contributed by atoms with van der Waals surface area (Å²) in [4.78, 5) is 13.7. The van der Waals surface area contributed by atoms with E-state index in [-0.39, 0.29) is 10.7 Å². The van der Waals surface area contributed by atoms with Gasteiger partial charge in [0.1, 0.15) is 12.0 Å². The molecule has 86 valence electrons. The van der Waals surface area contributed by atoms with Crippen LogP contribution in [0.2, 0.25) is 5.02 Å². The summed E-state index contributed by atoms with van der Waals surface area (Å²) in [6.07, 6.45) is 4.76. The van der Waals surface area contributed by atoms with Crippen LogP contribution in [0.25, 0.3) is 0 Å². The van der Waals surface area contributed by atoms with E-state index >= 15 is 0 Å². The van der Waals surface area contributed by atoms with Crippen LogP contribution < -0.4 is 11.1 Å². The standard InChI is InChI=1S/C9H11ClN4O2/c10-8-5-7(14(15)16)6-13-9(8)12-4-2-1-3-11/h1-2,5-6H,3-4,11H2,(H,12,13)/b2-1+. The van der Waals surface area contributed by atoms with Crippen molar-refractivity contribution in [1.29, 1.82) is 0 Å². The maximum atomic E-state index is 10.4. The SMILES string of the molecule is NC/C=C/CNc1ncc([N+](=O)[O-])cc1Cl. The third-order valence-corrected chi connectivity index (χ3v) is 2.02. The molecule has 0 spiro atoms. The smallest absolute Gasteiger partial charge is 0.289 e. The number of nitrogens with two attached hydrogens (primary N) is 1. The molecule has 16 heavy (non-hydrogen) atoms. The molecule has 0 aliphatic rings. The van der Waals surface area contributed by atoms with Crippen molar-refractivity contribution in [3.63, 3.8) is 0 Å². The molecule has 0 radical (unpaired) electrons. The summed E-state index contributed by atoms with van der Waals surface area (Å²) in [7, 11) is 0. The normalized spacial score (nSPS) is 10.6. The molecular formula is C9H11ClN4O2. The third kappa shape index (κ3) is 3.48. The molecule has 0 atom stereocenters. The lowest BCUT2D eigenvalue weighted by molar-refractivity contribution is -0.385. The molecule has 0 aliphatic carbocycles. The van der Waals surface area contributed by atoms with Gasteiger partial charge in [-0.05, 0) is 0 Å². The van der Waals surface area contributed by atoms with Crippen molar-refractivity contribution in [3.05, 3.63) is 39.6 Å². The summed E-state index contributed by atoms with van der Waals surface area (Å²) in [6, 6.07) is 1.25. The number of aromatic nitrogens is 1. The van der Waals surface area contributed by atoms with Gasteiger partial charge in [-0.15, -0.1) is 0 Å². The van der Waals surface area contributed by atoms with Gasteiger partial charge in [-0.25, -0.2) is 4.98 Å². The summed E-state index contributed by atoms with van der Waals surface area (Å²) in [5, 5.41) is 13.5. The van der Waals surface area contributed by atoms with E-state index in [0.29, 0.717) is 18.9 Å². The highest BCUT2D eigenvalue weighted by Crippen LogP contribution is 2.23. The van der Waals surface area contributed by atoms with Crippen LogP contribution in [0.1, 0.15) is 0 Å². The molecule has 0 unspecified atom stereocenters. The maximum absolute atomic E-state index is 10.4. The number of hydrogen-bond donors (Lipinski definition) is 2. The third-order valence-electron chi connectivity index (χ3n) is 1.73. The first-order chi connectivity index (χ1) is 7.65. The number of nitro groups is 1. The molecule has 0 saturated heterocycles. The fraction of sp³-hybridized carbons (Fsp3) is 0.222. The molecule has 0 fully saturated rings. The minimum atomic E-state index is -0.545. The quantitative estimate of drug-likeness (QED) is 0.464. The van der Waals surface area contributed by atoms with Gasteiger partial charge in [0.15, 0.2) is 0 Å². The Kier molecular flexibility index (Phi) is 4.68. The van der Waals surface area contributed by atoms with Crippen molar-refractivity contribution < 1.29 is 4.92 Å². The van der Waals surface area contributed by atoms with Crippen molar-refractivity contribution in [2.45, 2.75) is 0 Å². The average Bonchev–Trinajstić information content (AvgIpc) is 2.26. The predicted molar refractivity (Wildman–Crippen MR) is 62.6 cm³/mol. The van der Waals surface area contributed by atoms with Crippen LogP contribution in [0.5, 0.6) is 0 Å². The van der Waals surface area contributed by atoms with Crippen molar-refractivity contribution >= 4 is 23.1 Å². The molecule has 7 heteroatoms. The van der Waals surface area contributed by atoms with E-state index in [1.165, 1.54) is 6.07 Å². The zero-order chi connectivity index (χ0) is 12.0. The van der Waals surface area contributed by atoms with Crippen LogP contribution in [0.3, 0.4) is 0 Å². The summed E-state index contributed by atoms with van der Waals surface area (Å²) < 4.78 is 0. The van der Waals surface area contributed by atoms with Crippen LogP contribution >= 0.6 is 11.6 Å². The highest BCUT2D eigenvalue weighted by Gasteiger charge is 2.09. The van der Waals surface area contributed by atoms with E-state index < -0.39 is 4.92 Å². The molecule has 0 aromatic carbocycles. The zero-order valence-corrected chi connectivity index (χ0v) is 9.15. The van der Waals surface area contributed by atoms with Crippen LogP contribution in [-0.2, 0) is 0 Å². The Bertz CT molecular complexity index is 408. The lowest BCUT2D eigenvalue weighted by Gasteiger charge is -2.03. The minimum absolute atomic E-state index is 0.131. The fourth-order valence-electron chi connectivity index (χ4n) is 0.993. The van der Waals surface area contributed by atoms with Gasteiger partial charge in [-0.2, -0.15) is 0 Å². The summed E-state index contributed by atoms with van der Waals surface area (Å²) >= 11 is 5.81. The first-order valence-corrected chi connectivity index (χ1v) is 4.92. The van der Waals surface area contributed by atoms with E-state index in [2.05, 4.69) is 10.3 Å². The van der Waals surface area contributed by atoms with E-state index in [1.807, 2.05) is 6.08 Å². The second-order valence-electron chi connectivity index (χ2n) is 2.87. The Balaban J connectivity index is 2.68. The van der Waals surface area contributed by atoms with Crippen molar-refractivity contribution in [3.8, 4) is 0 Å². The Labute approximate surface area is 97.3 Å². The van der Waals surface area contributed by atoms with Crippen LogP contribution in [0, 0.1) is 10.1 Å². The fourth-order valence-corrected chi connectivity index (χ4v) is 1.22. The molecular weight excluding hydrogens is 232 g/mol. The van der Waals surface area contributed by atoms with Gasteiger partial charge < -0.3 is 11.1 Å². The Hall–Kier alpha value is -1.66. The van der Waals surface area contributed by atoms with Crippen LogP contribution in [0.4, 0.5) is 11.5 Å². The molecule has 1 aromatic heterocycles. The summed E-state index contributed by atoms with van der Waals surface area (Å²) in [5.74, 6) is 0.411. The number of pyridine rings is 1. The Morgan fingerprint density at radius 2 is 2.38 bits per heavy atom. The molecule has 1 rings (SSSR count). The van der Waals surface area contributed by atoms with Gasteiger partial charge in [0, 0.05) is 19.2 Å². The number of halogens is 1. The van der Waals surface area contributed by atoms with Crippen molar-refractivity contribution in [1.82, 2.24) is 4.98 Å². The van der Waals surface area contributed by atoms with Gasteiger partial charge in [0.25, 0.3) is 5.69 Å². The lowest BCUT2D eigenvalue weighted by Crippen LogP contribution is -2.03. The predicted octanol–water partition coefficient (Wildman–Crippen LogP) is 1.57. The van der Waals surface area contributed by atoms with Crippen LogP contribution in [-0.4, -0.2) is 23.0 Å². The zero-order valence-electron chi connectivity index (χ0n) is 8.39. The van der Waals surface area contributed by atoms with E-state index in [0.717, 1.165) is 6.20 Å². The average molecular weight is 243 g/mol. The Morgan fingerprint density at radius 1 is 1.62 bits per heavy atom. The molecule has 3 N–H and O–H groups in total. The minimum Gasteiger partial charge on any atom is -0.365 e. The molecule has 0 aliphatic heterocycles. The molecule has 6 nitrogen and oxygen atoms in total. The summed E-state index contributed by atoms with van der Waals surface area (Å²) in [6.45, 7) is 0.977. The Morgan fingerprint density at radius 3 is 2.94 bits per heavy atom. The number of nitrogens with one attached hydrogen (secondary N) is 1. The van der Waals surface area contributed by atoms with E-state index in [4.69, 9.17) is 17.3 Å². The maximum Gasteiger partial charge on any atom is 0.289 e. The number of hydrogen-bond acceptors (Lipinski definition) is 5. The van der Waals surface area contributed by atoms with Gasteiger partial charge in [-0.3, -0.25) is 10.1 Å². The number of anilines is 1. The largest absolute Gasteiger partial charge is 0.365 e. The lowest BCUT2D eigenvalue weighted by atomic mass is 10.4. The molecule has 0 amide bonds. The molecule has 0 saturated carbocycles. The van der Waals surface area contributed by atoms with Gasteiger partial charge in [0.2, 0.25) is 0 Å². The number of nitrogens with zero attached hydrogens (tertiary/aromatic N) is 2. The molecule has 0 bridgehead atoms. The second kappa shape index (κ2) is 6.04. The van der Waals surface area contributed by atoms with E-state index in [9.17, 15) is 10.1 Å². The second-order valence-corrected chi connectivity index (χ2v) is 3.28. The molecule has 1 heterocycles. The number of rotatable bonds is 5. The molecule has 1 aromatic rings. The van der Waals surface area contributed by atoms with E-state index in [1.54, 1.807) is 6.08 Å². The first-order valence-electron chi connectivity index (χ1n) is 4.54. The summed E-state index contributed by atoms with van der Waals surface area (Å²) in [5.41, 5.74) is 5.13. The van der Waals surface area contributed by atoms with Crippen molar-refractivity contribution in [2.24, 2.45) is 5.73 Å².